The van der Waals surface area contributed by atoms with Crippen LogP contribution < -0.4 is 10.5 Å². The molecule has 8 heteroatoms. The summed E-state index contributed by atoms with van der Waals surface area (Å²) in [6.07, 6.45) is 0.679. The van der Waals surface area contributed by atoms with E-state index in [1.54, 1.807) is 19.9 Å². The second kappa shape index (κ2) is 7.96. The fourth-order valence-corrected chi connectivity index (χ4v) is 4.22. The number of aromatic nitrogens is 2. The molecule has 7 nitrogen and oxygen atoms in total. The second-order valence-corrected chi connectivity index (χ2v) is 9.29. The maximum Gasteiger partial charge on any atom is 0.251 e. The molecule has 4 N–H and O–H groups in total. The zero-order chi connectivity index (χ0) is 21.3. The number of nitrogens with two attached hydrogens (primary N) is 1. The summed E-state index contributed by atoms with van der Waals surface area (Å²) in [6, 6.07) is 10.3. The Labute approximate surface area is 170 Å². The molecule has 0 aliphatic rings. The zero-order valence-electron chi connectivity index (χ0n) is 17.0. The van der Waals surface area contributed by atoms with Gasteiger partial charge in [0.15, 0.2) is 0 Å². The minimum atomic E-state index is -3.93. The number of carbonyl (C=O) groups excluding carboxylic acids is 1. The summed E-state index contributed by atoms with van der Waals surface area (Å²) in [4.78, 5) is 20.8. The van der Waals surface area contributed by atoms with E-state index < -0.39 is 10.0 Å². The number of imidazole rings is 1. The van der Waals surface area contributed by atoms with Gasteiger partial charge in [0, 0.05) is 5.56 Å². The number of hydrogen-bond acceptors (Lipinski definition) is 4. The van der Waals surface area contributed by atoms with Gasteiger partial charge in [0.25, 0.3) is 5.91 Å². The number of sulfonamides is 1. The Morgan fingerprint density at radius 1 is 1.21 bits per heavy atom. The molecule has 154 valence electrons. The molecule has 0 aliphatic carbocycles. The third kappa shape index (κ3) is 4.65. The molecular formula is C21H26N4O3S. The normalized spacial score (nSPS) is 13.0. The molecule has 1 unspecified atom stereocenters. The smallest absolute Gasteiger partial charge is 0.251 e. The number of nitrogens with one attached hydrogen (secondary N) is 2. The lowest BCUT2D eigenvalue weighted by atomic mass is 10.0. The highest BCUT2D eigenvalue weighted by Crippen LogP contribution is 2.24. The molecule has 0 bridgehead atoms. The molecule has 1 heterocycles. The molecule has 1 amide bonds. The van der Waals surface area contributed by atoms with Crippen molar-refractivity contribution in [1.29, 1.82) is 0 Å². The Hall–Kier alpha value is -2.71. The largest absolute Gasteiger partial charge is 0.342 e. The number of primary sulfonamides is 1. The van der Waals surface area contributed by atoms with Crippen LogP contribution in [-0.4, -0.2) is 24.3 Å². The van der Waals surface area contributed by atoms with Crippen molar-refractivity contribution in [3.63, 3.8) is 0 Å². The van der Waals surface area contributed by atoms with E-state index in [4.69, 9.17) is 5.14 Å². The Bertz CT molecular complexity index is 1130. The van der Waals surface area contributed by atoms with Crippen molar-refractivity contribution >= 4 is 27.0 Å². The maximum atomic E-state index is 13.0. The molecule has 0 spiro atoms. The van der Waals surface area contributed by atoms with Gasteiger partial charge in [-0.05, 0) is 61.6 Å². The number of aryl methyl sites for hydroxylation is 1. The number of amides is 1. The van der Waals surface area contributed by atoms with Crippen molar-refractivity contribution < 1.29 is 13.2 Å². The first-order valence-electron chi connectivity index (χ1n) is 9.46. The van der Waals surface area contributed by atoms with Crippen LogP contribution in [0.5, 0.6) is 0 Å². The summed E-state index contributed by atoms with van der Waals surface area (Å²) < 4.78 is 23.8. The van der Waals surface area contributed by atoms with Crippen molar-refractivity contribution in [2.75, 3.05) is 0 Å². The average molecular weight is 415 g/mol. The van der Waals surface area contributed by atoms with Gasteiger partial charge in [-0.15, -0.1) is 0 Å². The first-order valence-corrected chi connectivity index (χ1v) is 11.0. The van der Waals surface area contributed by atoms with Crippen LogP contribution in [0.3, 0.4) is 0 Å². The van der Waals surface area contributed by atoms with Gasteiger partial charge in [0.05, 0.1) is 22.0 Å². The number of fused-ring (bicyclic) bond motifs is 1. The summed E-state index contributed by atoms with van der Waals surface area (Å²) in [6.45, 7) is 7.56. The molecule has 0 saturated carbocycles. The lowest BCUT2D eigenvalue weighted by Crippen LogP contribution is -2.30. The predicted molar refractivity (Wildman–Crippen MR) is 113 cm³/mol. The SMILES string of the molecule is Cc1cc(C(=O)NC(CC(C)C)c2nc3ccccc3[nH]2)cc(S(N)(=O)=O)c1C. The standard InChI is InChI=1S/C21H26N4O3S/c1-12(2)9-18(20-23-16-7-5-6-8-17(16)24-20)25-21(26)15-10-13(3)14(4)19(11-15)29(22,27)28/h5-8,10-12,18H,9H2,1-4H3,(H,23,24)(H,25,26)(H2,22,27,28). The molecule has 0 aliphatic heterocycles. The first kappa shape index (κ1) is 21.0. The van der Waals surface area contributed by atoms with E-state index in [1.807, 2.05) is 24.3 Å². The Morgan fingerprint density at radius 3 is 2.52 bits per heavy atom. The Kier molecular flexibility index (Phi) is 5.77. The van der Waals surface area contributed by atoms with E-state index >= 15 is 0 Å². The van der Waals surface area contributed by atoms with Crippen molar-refractivity contribution in [3.05, 3.63) is 58.9 Å². The van der Waals surface area contributed by atoms with E-state index in [9.17, 15) is 13.2 Å². The minimum Gasteiger partial charge on any atom is -0.342 e. The first-order chi connectivity index (χ1) is 13.6. The topological polar surface area (TPSA) is 118 Å². The van der Waals surface area contributed by atoms with E-state index in [1.165, 1.54) is 6.07 Å². The van der Waals surface area contributed by atoms with Crippen molar-refractivity contribution in [2.45, 2.75) is 45.1 Å². The van der Waals surface area contributed by atoms with Crippen molar-refractivity contribution in [3.8, 4) is 0 Å². The van der Waals surface area contributed by atoms with Crippen molar-refractivity contribution in [2.24, 2.45) is 11.1 Å². The van der Waals surface area contributed by atoms with E-state index in [-0.39, 0.29) is 22.4 Å². The lowest BCUT2D eigenvalue weighted by molar-refractivity contribution is 0.0929. The number of H-pyrrole nitrogens is 1. The summed E-state index contributed by atoms with van der Waals surface area (Å²) in [5, 5.41) is 8.32. The summed E-state index contributed by atoms with van der Waals surface area (Å²) >= 11 is 0. The number of para-hydroxylation sites is 2. The number of nitrogens with zero attached hydrogens (tertiary/aromatic N) is 1. The van der Waals surface area contributed by atoms with Crippen LogP contribution in [0.25, 0.3) is 11.0 Å². The van der Waals surface area contributed by atoms with Crippen LogP contribution in [0.2, 0.25) is 0 Å². The Morgan fingerprint density at radius 2 is 1.90 bits per heavy atom. The molecule has 3 rings (SSSR count). The Balaban J connectivity index is 1.96. The van der Waals surface area contributed by atoms with Gasteiger partial charge >= 0.3 is 0 Å². The monoisotopic (exact) mass is 414 g/mol. The molecule has 0 radical (unpaired) electrons. The number of benzene rings is 2. The summed E-state index contributed by atoms with van der Waals surface area (Å²) in [5.74, 6) is 0.612. The molecule has 1 aromatic heterocycles. The third-order valence-electron chi connectivity index (χ3n) is 4.94. The molecular weight excluding hydrogens is 388 g/mol. The quantitative estimate of drug-likeness (QED) is 0.573. The highest BCUT2D eigenvalue weighted by Gasteiger charge is 2.23. The van der Waals surface area contributed by atoms with E-state index in [0.717, 1.165) is 11.0 Å². The fourth-order valence-electron chi connectivity index (χ4n) is 3.34. The molecule has 2 aromatic carbocycles. The molecule has 3 aromatic rings. The minimum absolute atomic E-state index is 0.0354. The van der Waals surface area contributed by atoms with E-state index in [0.29, 0.717) is 29.3 Å². The number of carbonyl (C=O) groups is 1. The predicted octanol–water partition coefficient (Wildman–Crippen LogP) is 3.34. The number of hydrogen-bond donors (Lipinski definition) is 3. The van der Waals surface area contributed by atoms with Crippen LogP contribution in [-0.2, 0) is 10.0 Å². The lowest BCUT2D eigenvalue weighted by Gasteiger charge is -2.19. The highest BCUT2D eigenvalue weighted by molar-refractivity contribution is 7.89. The molecule has 0 saturated heterocycles. The van der Waals surface area contributed by atoms with Crippen LogP contribution in [0.4, 0.5) is 0 Å². The average Bonchev–Trinajstić information content (AvgIpc) is 3.06. The highest BCUT2D eigenvalue weighted by atomic mass is 32.2. The van der Waals surface area contributed by atoms with Crippen LogP contribution in [0, 0.1) is 19.8 Å². The van der Waals surface area contributed by atoms with Crippen molar-refractivity contribution in [1.82, 2.24) is 15.3 Å². The third-order valence-corrected chi connectivity index (χ3v) is 5.98. The van der Waals surface area contributed by atoms with Gasteiger partial charge < -0.3 is 10.3 Å². The van der Waals surface area contributed by atoms with E-state index in [2.05, 4.69) is 29.1 Å². The zero-order valence-corrected chi connectivity index (χ0v) is 17.8. The van der Waals surface area contributed by atoms with Gasteiger partial charge in [0.2, 0.25) is 10.0 Å². The number of aromatic amines is 1. The van der Waals surface area contributed by atoms with Gasteiger partial charge in [0.1, 0.15) is 5.82 Å². The maximum absolute atomic E-state index is 13.0. The molecule has 29 heavy (non-hydrogen) atoms. The van der Waals surface area contributed by atoms with Crippen LogP contribution in [0.15, 0.2) is 41.3 Å². The van der Waals surface area contributed by atoms with Gasteiger partial charge in [-0.25, -0.2) is 18.5 Å². The number of rotatable bonds is 6. The second-order valence-electron chi connectivity index (χ2n) is 7.76. The van der Waals surface area contributed by atoms with Gasteiger partial charge in [-0.2, -0.15) is 0 Å². The molecule has 1 atom stereocenters. The fraction of sp³-hybridized carbons (Fsp3) is 0.333. The summed E-state index contributed by atoms with van der Waals surface area (Å²) in [7, 11) is -3.93. The van der Waals surface area contributed by atoms with Crippen LogP contribution >= 0.6 is 0 Å². The van der Waals surface area contributed by atoms with Crippen LogP contribution in [0.1, 0.15) is 53.6 Å². The van der Waals surface area contributed by atoms with Gasteiger partial charge in [-0.3, -0.25) is 4.79 Å². The molecule has 0 fully saturated rings. The van der Waals surface area contributed by atoms with Gasteiger partial charge in [-0.1, -0.05) is 26.0 Å². The summed E-state index contributed by atoms with van der Waals surface area (Å²) in [5.41, 5.74) is 3.20.